The SMILES string of the molecule is Cn1cc(/C=C2/C(=O)N3C(C(=O)O)CS[C@@H]23)cn1. The maximum absolute atomic E-state index is 11.9. The van der Waals surface area contributed by atoms with Crippen LogP contribution in [-0.4, -0.2) is 48.8 Å². The molecule has 0 aromatic carbocycles. The van der Waals surface area contributed by atoms with Gasteiger partial charge in [0.2, 0.25) is 0 Å². The number of carbonyl (C=O) groups excluding carboxylic acids is 1. The van der Waals surface area contributed by atoms with Crippen LogP contribution in [0.4, 0.5) is 0 Å². The monoisotopic (exact) mass is 265 g/mol. The molecule has 18 heavy (non-hydrogen) atoms. The van der Waals surface area contributed by atoms with Gasteiger partial charge in [-0.1, -0.05) is 0 Å². The number of fused-ring (bicyclic) bond motifs is 1. The zero-order valence-electron chi connectivity index (χ0n) is 9.61. The maximum atomic E-state index is 11.9. The van der Waals surface area contributed by atoms with Gasteiger partial charge in [0.25, 0.3) is 5.91 Å². The summed E-state index contributed by atoms with van der Waals surface area (Å²) in [5.41, 5.74) is 1.52. The summed E-state index contributed by atoms with van der Waals surface area (Å²) in [6.07, 6.45) is 5.28. The minimum absolute atomic E-state index is 0.112. The van der Waals surface area contributed by atoms with Crippen molar-refractivity contribution in [3.63, 3.8) is 0 Å². The van der Waals surface area contributed by atoms with Crippen LogP contribution in [-0.2, 0) is 16.6 Å². The van der Waals surface area contributed by atoms with Crippen LogP contribution >= 0.6 is 11.8 Å². The number of hydrogen-bond donors (Lipinski definition) is 1. The average molecular weight is 265 g/mol. The summed E-state index contributed by atoms with van der Waals surface area (Å²) in [7, 11) is 1.81. The number of β-lactam (4-membered cyclic amide) rings is 1. The van der Waals surface area contributed by atoms with Gasteiger partial charge in [-0.15, -0.1) is 11.8 Å². The fraction of sp³-hybridized carbons (Fsp3) is 0.364. The molecule has 1 aromatic rings. The Morgan fingerprint density at radius 2 is 2.44 bits per heavy atom. The summed E-state index contributed by atoms with van der Waals surface area (Å²) >= 11 is 1.50. The number of carboxylic acids is 1. The molecule has 1 unspecified atom stereocenters. The van der Waals surface area contributed by atoms with E-state index in [0.717, 1.165) is 5.56 Å². The highest BCUT2D eigenvalue weighted by molar-refractivity contribution is 8.00. The number of amides is 1. The lowest BCUT2D eigenvalue weighted by Gasteiger charge is -2.38. The van der Waals surface area contributed by atoms with Gasteiger partial charge in [-0.2, -0.15) is 5.10 Å². The van der Waals surface area contributed by atoms with Crippen molar-refractivity contribution in [3.8, 4) is 0 Å². The third-order valence-corrected chi connectivity index (χ3v) is 4.38. The lowest BCUT2D eigenvalue weighted by atomic mass is 10.0. The number of carbonyl (C=O) groups is 2. The van der Waals surface area contributed by atoms with Crippen molar-refractivity contribution >= 4 is 29.7 Å². The summed E-state index contributed by atoms with van der Waals surface area (Å²) in [5.74, 6) is -0.657. The van der Waals surface area contributed by atoms with Crippen LogP contribution in [0.3, 0.4) is 0 Å². The molecule has 3 rings (SSSR count). The minimum Gasteiger partial charge on any atom is -0.480 e. The molecule has 1 aromatic heterocycles. The molecular weight excluding hydrogens is 254 g/mol. The Kier molecular flexibility index (Phi) is 2.44. The third-order valence-electron chi connectivity index (χ3n) is 3.08. The van der Waals surface area contributed by atoms with Crippen molar-refractivity contribution < 1.29 is 14.7 Å². The van der Waals surface area contributed by atoms with E-state index in [-0.39, 0.29) is 11.3 Å². The van der Waals surface area contributed by atoms with Crippen LogP contribution in [0.5, 0.6) is 0 Å². The number of hydrogen-bond acceptors (Lipinski definition) is 4. The first-order valence-electron chi connectivity index (χ1n) is 5.45. The number of aromatic nitrogens is 2. The number of rotatable bonds is 2. The first kappa shape index (κ1) is 11.3. The predicted octanol–water partition coefficient (Wildman–Crippen LogP) is 0.172. The molecule has 2 atom stereocenters. The molecule has 7 heteroatoms. The van der Waals surface area contributed by atoms with Gasteiger partial charge in [-0.3, -0.25) is 9.48 Å². The van der Waals surface area contributed by atoms with Gasteiger partial charge >= 0.3 is 5.97 Å². The second-order valence-electron chi connectivity index (χ2n) is 4.30. The second-order valence-corrected chi connectivity index (χ2v) is 5.41. The first-order valence-corrected chi connectivity index (χ1v) is 6.50. The summed E-state index contributed by atoms with van der Waals surface area (Å²) in [6, 6.07) is -0.682. The van der Waals surface area contributed by atoms with Crippen LogP contribution in [0, 0.1) is 0 Å². The number of carboxylic acid groups (broad SMARTS) is 1. The Morgan fingerprint density at radius 1 is 1.67 bits per heavy atom. The summed E-state index contributed by atoms with van der Waals surface area (Å²) in [4.78, 5) is 24.3. The Bertz CT molecular complexity index is 566. The van der Waals surface area contributed by atoms with E-state index in [1.165, 1.54) is 16.7 Å². The molecule has 2 saturated heterocycles. The normalized spacial score (nSPS) is 28.4. The van der Waals surface area contributed by atoms with Gasteiger partial charge < -0.3 is 10.0 Å². The van der Waals surface area contributed by atoms with Crippen molar-refractivity contribution in [2.75, 3.05) is 5.75 Å². The summed E-state index contributed by atoms with van der Waals surface area (Å²) < 4.78 is 1.66. The Morgan fingerprint density at radius 3 is 3.06 bits per heavy atom. The predicted molar refractivity (Wildman–Crippen MR) is 65.7 cm³/mol. The van der Waals surface area contributed by atoms with E-state index in [1.54, 1.807) is 17.0 Å². The highest BCUT2D eigenvalue weighted by Gasteiger charge is 2.53. The minimum atomic E-state index is -0.932. The smallest absolute Gasteiger partial charge is 0.327 e. The molecule has 1 N–H and O–H groups in total. The first-order chi connectivity index (χ1) is 8.58. The zero-order chi connectivity index (χ0) is 12.9. The van der Waals surface area contributed by atoms with Gasteiger partial charge in [-0.05, 0) is 6.08 Å². The largest absolute Gasteiger partial charge is 0.480 e. The van der Waals surface area contributed by atoms with Crippen molar-refractivity contribution in [1.29, 1.82) is 0 Å². The second kappa shape index (κ2) is 3.88. The van der Waals surface area contributed by atoms with Gasteiger partial charge in [-0.25, -0.2) is 4.79 Å². The molecule has 94 valence electrons. The van der Waals surface area contributed by atoms with E-state index in [4.69, 9.17) is 5.11 Å². The fourth-order valence-corrected chi connectivity index (χ4v) is 3.62. The van der Waals surface area contributed by atoms with Crippen LogP contribution in [0.25, 0.3) is 6.08 Å². The van der Waals surface area contributed by atoms with Crippen LogP contribution in [0.2, 0.25) is 0 Å². The molecule has 2 aliphatic heterocycles. The van der Waals surface area contributed by atoms with E-state index < -0.39 is 12.0 Å². The van der Waals surface area contributed by atoms with Crippen LogP contribution in [0.1, 0.15) is 5.56 Å². The topological polar surface area (TPSA) is 75.4 Å². The third kappa shape index (κ3) is 1.54. The number of nitrogens with zero attached hydrogens (tertiary/aromatic N) is 3. The molecule has 0 bridgehead atoms. The fourth-order valence-electron chi connectivity index (χ4n) is 2.20. The average Bonchev–Trinajstić information content (AvgIpc) is 2.89. The standard InChI is InChI=1S/C11H11N3O3S/c1-13-4-6(3-12-13)2-7-9(15)14-8(11(16)17)5-18-10(7)14/h2-4,8,10H,5H2,1H3,(H,16,17)/b7-2-/t8?,10-/m0/s1. The molecule has 1 amide bonds. The van der Waals surface area contributed by atoms with Crippen molar-refractivity contribution in [2.45, 2.75) is 11.4 Å². The summed E-state index contributed by atoms with van der Waals surface area (Å²) in [6.45, 7) is 0. The molecule has 6 nitrogen and oxygen atoms in total. The van der Waals surface area contributed by atoms with Crippen LogP contribution < -0.4 is 0 Å². The lowest BCUT2D eigenvalue weighted by molar-refractivity contribution is -0.150. The molecular formula is C11H11N3O3S. The molecule has 0 radical (unpaired) electrons. The maximum Gasteiger partial charge on any atom is 0.327 e. The highest BCUT2D eigenvalue weighted by atomic mass is 32.2. The molecule has 2 fully saturated rings. The molecule has 3 heterocycles. The number of thioether (sulfide) groups is 1. The zero-order valence-corrected chi connectivity index (χ0v) is 10.4. The van der Waals surface area contributed by atoms with Gasteiger partial charge in [0.15, 0.2) is 0 Å². The molecule has 2 aliphatic rings. The lowest BCUT2D eigenvalue weighted by Crippen LogP contribution is -2.56. The number of aryl methyl sites for hydroxylation is 1. The van der Waals surface area contributed by atoms with E-state index in [9.17, 15) is 9.59 Å². The molecule has 0 spiro atoms. The van der Waals surface area contributed by atoms with Gasteiger partial charge in [0.05, 0.1) is 11.8 Å². The van der Waals surface area contributed by atoms with Crippen LogP contribution in [0.15, 0.2) is 18.0 Å². The quantitative estimate of drug-likeness (QED) is 0.609. The van der Waals surface area contributed by atoms with E-state index in [0.29, 0.717) is 11.3 Å². The number of aliphatic carboxylic acids is 1. The Labute approximate surface area is 107 Å². The van der Waals surface area contributed by atoms with Crippen molar-refractivity contribution in [3.05, 3.63) is 23.5 Å². The van der Waals surface area contributed by atoms with E-state index >= 15 is 0 Å². The van der Waals surface area contributed by atoms with E-state index in [2.05, 4.69) is 5.10 Å². The summed E-state index contributed by atoms with van der Waals surface area (Å²) in [5, 5.41) is 12.9. The van der Waals surface area contributed by atoms with Gasteiger partial charge in [0.1, 0.15) is 11.4 Å². The van der Waals surface area contributed by atoms with Crippen molar-refractivity contribution in [2.24, 2.45) is 7.05 Å². The Hall–Kier alpha value is -1.76. The van der Waals surface area contributed by atoms with E-state index in [1.807, 2.05) is 13.2 Å². The Balaban J connectivity index is 1.84. The highest BCUT2D eigenvalue weighted by Crippen LogP contribution is 2.43. The van der Waals surface area contributed by atoms with Crippen molar-refractivity contribution in [1.82, 2.24) is 14.7 Å². The molecule has 0 aliphatic carbocycles. The van der Waals surface area contributed by atoms with Gasteiger partial charge in [0, 0.05) is 24.6 Å². The molecule has 0 saturated carbocycles.